The molecule has 1 aromatic carbocycles. The molecule has 0 fully saturated rings. The molecule has 0 saturated heterocycles. The molecule has 3 nitrogen and oxygen atoms in total. The molecule has 2 rings (SSSR count). The number of rotatable bonds is 5. The molecule has 0 aliphatic carbocycles. The Kier molecular flexibility index (Phi) is 4.98. The number of thioether (sulfide) groups is 1. The van der Waals surface area contributed by atoms with Crippen molar-refractivity contribution in [1.82, 2.24) is 4.98 Å². The van der Waals surface area contributed by atoms with E-state index in [2.05, 4.69) is 10.3 Å². The van der Waals surface area contributed by atoms with Gasteiger partial charge in [0.15, 0.2) is 0 Å². The second-order valence-electron chi connectivity index (χ2n) is 4.06. The maximum absolute atomic E-state index is 12.2. The number of amides is 1. The van der Waals surface area contributed by atoms with Crippen LogP contribution in [0, 0.1) is 0 Å². The van der Waals surface area contributed by atoms with E-state index in [1.165, 1.54) is 0 Å². The lowest BCUT2D eigenvalue weighted by molar-refractivity contribution is -0.115. The zero-order chi connectivity index (χ0) is 13.5. The zero-order valence-electron chi connectivity index (χ0n) is 10.7. The van der Waals surface area contributed by atoms with Crippen LogP contribution in [-0.2, 0) is 4.79 Å². The molecule has 0 aliphatic heterocycles. The van der Waals surface area contributed by atoms with E-state index in [-0.39, 0.29) is 11.2 Å². The molecule has 1 heterocycles. The Morgan fingerprint density at radius 3 is 2.68 bits per heavy atom. The maximum Gasteiger partial charge on any atom is 0.237 e. The van der Waals surface area contributed by atoms with Crippen molar-refractivity contribution >= 4 is 23.4 Å². The molecule has 0 spiro atoms. The Morgan fingerprint density at radius 1 is 1.26 bits per heavy atom. The Bertz CT molecular complexity index is 516. The number of hydrogen-bond acceptors (Lipinski definition) is 3. The number of nitrogens with one attached hydrogen (secondary N) is 1. The predicted molar refractivity (Wildman–Crippen MR) is 79.2 cm³/mol. The molecule has 0 saturated carbocycles. The van der Waals surface area contributed by atoms with Crippen molar-refractivity contribution < 1.29 is 4.79 Å². The normalized spacial score (nSPS) is 11.8. The van der Waals surface area contributed by atoms with E-state index in [1.54, 1.807) is 30.2 Å². The molecule has 1 unspecified atom stereocenters. The Morgan fingerprint density at radius 2 is 2.05 bits per heavy atom. The summed E-state index contributed by atoms with van der Waals surface area (Å²) in [5, 5.41) is 2.80. The third kappa shape index (κ3) is 4.10. The Balaban J connectivity index is 2.00. The van der Waals surface area contributed by atoms with Crippen molar-refractivity contribution in [3.63, 3.8) is 0 Å². The van der Waals surface area contributed by atoms with Gasteiger partial charge in [-0.2, -0.15) is 0 Å². The van der Waals surface area contributed by atoms with Crippen LogP contribution in [0.1, 0.15) is 13.3 Å². The summed E-state index contributed by atoms with van der Waals surface area (Å²) in [5.41, 5.74) is 0.736. The summed E-state index contributed by atoms with van der Waals surface area (Å²) in [4.78, 5) is 17.3. The summed E-state index contributed by atoms with van der Waals surface area (Å²) in [6.45, 7) is 2.02. The molecule has 0 bridgehead atoms. The van der Waals surface area contributed by atoms with Gasteiger partial charge in [0.1, 0.15) is 0 Å². The molecule has 1 aromatic heterocycles. The van der Waals surface area contributed by atoms with E-state index in [1.807, 2.05) is 43.3 Å². The number of carbonyl (C=O) groups excluding carboxylic acids is 1. The molecule has 1 N–H and O–H groups in total. The number of benzene rings is 1. The fourth-order valence-corrected chi connectivity index (χ4v) is 2.62. The average molecular weight is 272 g/mol. The maximum atomic E-state index is 12.2. The molecule has 19 heavy (non-hydrogen) atoms. The molecule has 98 valence electrons. The van der Waals surface area contributed by atoms with E-state index in [0.717, 1.165) is 17.0 Å². The van der Waals surface area contributed by atoms with E-state index < -0.39 is 0 Å². The van der Waals surface area contributed by atoms with Crippen molar-refractivity contribution in [1.29, 1.82) is 0 Å². The highest BCUT2D eigenvalue weighted by Crippen LogP contribution is 2.25. The average Bonchev–Trinajstić information content (AvgIpc) is 2.47. The molecule has 4 heteroatoms. The number of aromatic nitrogens is 1. The quantitative estimate of drug-likeness (QED) is 0.846. The lowest BCUT2D eigenvalue weighted by atomic mass is 10.3. The van der Waals surface area contributed by atoms with Crippen LogP contribution in [0.5, 0.6) is 0 Å². The molecular formula is C15H16N2OS. The smallest absolute Gasteiger partial charge is 0.237 e. The zero-order valence-corrected chi connectivity index (χ0v) is 11.6. The first-order valence-corrected chi connectivity index (χ1v) is 7.10. The summed E-state index contributed by atoms with van der Waals surface area (Å²) in [6.07, 6.45) is 4.12. The number of anilines is 1. The van der Waals surface area contributed by atoms with Gasteiger partial charge < -0.3 is 5.32 Å². The molecule has 0 radical (unpaired) electrons. The van der Waals surface area contributed by atoms with Gasteiger partial charge in [0.2, 0.25) is 5.91 Å². The van der Waals surface area contributed by atoms with Crippen LogP contribution in [0.2, 0.25) is 0 Å². The van der Waals surface area contributed by atoms with Crippen molar-refractivity contribution in [3.05, 3.63) is 54.9 Å². The molecule has 0 aliphatic rings. The van der Waals surface area contributed by atoms with Crippen LogP contribution in [0.3, 0.4) is 0 Å². The van der Waals surface area contributed by atoms with Crippen LogP contribution in [0.15, 0.2) is 59.8 Å². The van der Waals surface area contributed by atoms with Crippen LogP contribution < -0.4 is 5.32 Å². The first-order chi connectivity index (χ1) is 9.29. The topological polar surface area (TPSA) is 42.0 Å². The largest absolute Gasteiger partial charge is 0.324 e. The highest BCUT2D eigenvalue weighted by atomic mass is 32.2. The van der Waals surface area contributed by atoms with Crippen molar-refractivity contribution in [2.45, 2.75) is 23.5 Å². The molecule has 1 atom stereocenters. The van der Waals surface area contributed by atoms with Crippen molar-refractivity contribution in [2.75, 3.05) is 5.32 Å². The monoisotopic (exact) mass is 272 g/mol. The number of hydrogen-bond donors (Lipinski definition) is 1. The van der Waals surface area contributed by atoms with E-state index in [9.17, 15) is 4.79 Å². The Labute approximate surface area is 117 Å². The standard InChI is InChI=1S/C15H16N2OS/c1-2-14(19-13-8-4-3-5-9-13)15(18)17-12-7-6-10-16-11-12/h3-11,14H,2H2,1H3,(H,17,18). The van der Waals surface area contributed by atoms with Gasteiger partial charge in [-0.25, -0.2) is 0 Å². The highest BCUT2D eigenvalue weighted by molar-refractivity contribution is 8.00. The Hall–Kier alpha value is -1.81. The third-order valence-electron chi connectivity index (χ3n) is 2.61. The van der Waals surface area contributed by atoms with Gasteiger partial charge in [0.25, 0.3) is 0 Å². The van der Waals surface area contributed by atoms with Crippen molar-refractivity contribution in [3.8, 4) is 0 Å². The van der Waals surface area contributed by atoms with E-state index in [0.29, 0.717) is 0 Å². The third-order valence-corrected chi connectivity index (χ3v) is 3.99. The SMILES string of the molecule is CCC(Sc1ccccc1)C(=O)Nc1cccnc1. The van der Waals surface area contributed by atoms with Crippen LogP contribution in [0.4, 0.5) is 5.69 Å². The highest BCUT2D eigenvalue weighted by Gasteiger charge is 2.17. The van der Waals surface area contributed by atoms with E-state index in [4.69, 9.17) is 0 Å². The summed E-state index contributed by atoms with van der Waals surface area (Å²) in [5.74, 6) is 0.0179. The van der Waals surface area contributed by atoms with Crippen LogP contribution in [0.25, 0.3) is 0 Å². The number of pyridine rings is 1. The van der Waals surface area contributed by atoms with Gasteiger partial charge in [0, 0.05) is 11.1 Å². The number of carbonyl (C=O) groups is 1. The molecule has 1 amide bonds. The second-order valence-corrected chi connectivity index (χ2v) is 5.33. The summed E-state index contributed by atoms with van der Waals surface area (Å²) >= 11 is 1.58. The minimum atomic E-state index is -0.0948. The predicted octanol–water partition coefficient (Wildman–Crippen LogP) is 3.59. The summed E-state index contributed by atoms with van der Waals surface area (Å²) in [7, 11) is 0. The molecule has 2 aromatic rings. The minimum Gasteiger partial charge on any atom is -0.324 e. The first-order valence-electron chi connectivity index (χ1n) is 6.22. The van der Waals surface area contributed by atoms with Gasteiger partial charge in [-0.1, -0.05) is 25.1 Å². The lowest BCUT2D eigenvalue weighted by Crippen LogP contribution is -2.24. The second kappa shape index (κ2) is 6.95. The fraction of sp³-hybridized carbons (Fsp3) is 0.200. The van der Waals surface area contributed by atoms with Gasteiger partial charge in [-0.3, -0.25) is 9.78 Å². The minimum absolute atomic E-state index is 0.0179. The van der Waals surface area contributed by atoms with Crippen LogP contribution in [-0.4, -0.2) is 16.1 Å². The van der Waals surface area contributed by atoms with Gasteiger partial charge in [-0.05, 0) is 30.7 Å². The lowest BCUT2D eigenvalue weighted by Gasteiger charge is -2.14. The van der Waals surface area contributed by atoms with Gasteiger partial charge in [-0.15, -0.1) is 11.8 Å². The molecular weight excluding hydrogens is 256 g/mol. The van der Waals surface area contributed by atoms with Crippen molar-refractivity contribution in [2.24, 2.45) is 0 Å². The van der Waals surface area contributed by atoms with Gasteiger partial charge >= 0.3 is 0 Å². The fourth-order valence-electron chi connectivity index (χ4n) is 1.65. The van der Waals surface area contributed by atoms with E-state index >= 15 is 0 Å². The summed E-state index contributed by atoms with van der Waals surface area (Å²) < 4.78 is 0. The number of nitrogens with zero attached hydrogens (tertiary/aromatic N) is 1. The first kappa shape index (κ1) is 13.6. The van der Waals surface area contributed by atoms with Gasteiger partial charge in [0.05, 0.1) is 17.1 Å². The van der Waals surface area contributed by atoms with Crippen LogP contribution >= 0.6 is 11.8 Å². The summed E-state index contributed by atoms with van der Waals surface area (Å²) in [6, 6.07) is 13.6.